The van der Waals surface area contributed by atoms with Gasteiger partial charge in [0.2, 0.25) is 0 Å². The Hall–Kier alpha value is -1.33. The number of unbranched alkanes of at least 4 members (excludes halogenated alkanes) is 4. The van der Waals surface area contributed by atoms with Crippen LogP contribution in [-0.4, -0.2) is 5.11 Å². The summed E-state index contributed by atoms with van der Waals surface area (Å²) in [6.45, 7) is 4.06. The largest absolute Gasteiger partial charge is 0.385 e. The van der Waals surface area contributed by atoms with Gasteiger partial charge >= 0.3 is 0 Å². The van der Waals surface area contributed by atoms with Crippen LogP contribution >= 0.6 is 0 Å². The molecule has 1 aromatic carbocycles. The minimum atomic E-state index is -0.778. The molecule has 0 aliphatic carbocycles. The van der Waals surface area contributed by atoms with E-state index in [2.05, 4.69) is 13.0 Å². The molecule has 0 bridgehead atoms. The van der Waals surface area contributed by atoms with Gasteiger partial charge in [0.05, 0.1) is 17.2 Å². The van der Waals surface area contributed by atoms with E-state index in [0.717, 1.165) is 18.4 Å². The van der Waals surface area contributed by atoms with Crippen LogP contribution in [0.3, 0.4) is 0 Å². The van der Waals surface area contributed by atoms with Gasteiger partial charge in [-0.15, -0.1) is 0 Å². The zero-order valence-corrected chi connectivity index (χ0v) is 11.4. The van der Waals surface area contributed by atoms with Crippen LogP contribution in [0.2, 0.25) is 0 Å². The van der Waals surface area contributed by atoms with Crippen LogP contribution in [0.25, 0.3) is 0 Å². The summed E-state index contributed by atoms with van der Waals surface area (Å²) in [5.41, 5.74) is 0.759. The van der Waals surface area contributed by atoms with Crippen molar-refractivity contribution >= 4 is 0 Å². The average Bonchev–Trinajstić information content (AvgIpc) is 2.38. The summed E-state index contributed by atoms with van der Waals surface area (Å²) in [4.78, 5) is 0. The minimum Gasteiger partial charge on any atom is -0.385 e. The van der Waals surface area contributed by atoms with E-state index in [1.54, 1.807) is 12.1 Å². The molecule has 98 valence electrons. The SMILES string of the molecule is CCCCCCCC(C)(O)c1ccc(C#N)cc1. The zero-order valence-electron chi connectivity index (χ0n) is 11.4. The molecule has 2 nitrogen and oxygen atoms in total. The number of aliphatic hydroxyl groups is 1. The van der Waals surface area contributed by atoms with Crippen molar-refractivity contribution in [3.63, 3.8) is 0 Å². The standard InChI is InChI=1S/C16H23NO/c1-3-4-5-6-7-12-16(2,18)15-10-8-14(13-17)9-11-15/h8-11,18H,3-7,12H2,1-2H3. The van der Waals surface area contributed by atoms with E-state index in [1.165, 1.54) is 25.7 Å². The van der Waals surface area contributed by atoms with Gasteiger partial charge < -0.3 is 5.11 Å². The van der Waals surface area contributed by atoms with Crippen molar-refractivity contribution in [2.75, 3.05) is 0 Å². The Morgan fingerprint density at radius 1 is 1.11 bits per heavy atom. The molecule has 18 heavy (non-hydrogen) atoms. The Morgan fingerprint density at radius 3 is 2.28 bits per heavy atom. The van der Waals surface area contributed by atoms with Crippen molar-refractivity contribution < 1.29 is 5.11 Å². The van der Waals surface area contributed by atoms with Crippen LogP contribution in [0.4, 0.5) is 0 Å². The quantitative estimate of drug-likeness (QED) is 0.734. The fraction of sp³-hybridized carbons (Fsp3) is 0.562. The Kier molecular flexibility index (Phi) is 5.88. The monoisotopic (exact) mass is 245 g/mol. The predicted molar refractivity (Wildman–Crippen MR) is 74.1 cm³/mol. The van der Waals surface area contributed by atoms with Gasteiger partial charge in [-0.3, -0.25) is 0 Å². The van der Waals surface area contributed by atoms with E-state index < -0.39 is 5.60 Å². The summed E-state index contributed by atoms with van der Waals surface area (Å²) in [6.07, 6.45) is 6.78. The molecule has 1 rings (SSSR count). The first-order chi connectivity index (χ1) is 8.60. The molecule has 2 heteroatoms. The fourth-order valence-electron chi connectivity index (χ4n) is 2.12. The second-order valence-corrected chi connectivity index (χ2v) is 5.13. The van der Waals surface area contributed by atoms with Gasteiger partial charge in [-0.25, -0.2) is 0 Å². The number of hydrogen-bond donors (Lipinski definition) is 1. The second-order valence-electron chi connectivity index (χ2n) is 5.13. The smallest absolute Gasteiger partial charge is 0.0991 e. The van der Waals surface area contributed by atoms with Crippen LogP contribution in [0.15, 0.2) is 24.3 Å². The van der Waals surface area contributed by atoms with E-state index in [1.807, 2.05) is 19.1 Å². The summed E-state index contributed by atoms with van der Waals surface area (Å²) in [6, 6.07) is 9.32. The molecule has 0 radical (unpaired) electrons. The molecule has 0 aliphatic rings. The normalized spacial score (nSPS) is 13.9. The number of benzene rings is 1. The topological polar surface area (TPSA) is 44.0 Å². The molecule has 1 atom stereocenters. The van der Waals surface area contributed by atoms with Crippen molar-refractivity contribution in [2.45, 2.75) is 58.0 Å². The summed E-state index contributed by atoms with van der Waals surface area (Å²) < 4.78 is 0. The van der Waals surface area contributed by atoms with Crippen LogP contribution in [-0.2, 0) is 5.60 Å². The third-order valence-corrected chi connectivity index (χ3v) is 3.40. The van der Waals surface area contributed by atoms with Crippen LogP contribution < -0.4 is 0 Å². The molecule has 0 aromatic heterocycles. The Bertz CT molecular complexity index is 387. The lowest BCUT2D eigenvalue weighted by molar-refractivity contribution is 0.0448. The van der Waals surface area contributed by atoms with Crippen molar-refractivity contribution in [3.05, 3.63) is 35.4 Å². The van der Waals surface area contributed by atoms with Gasteiger partial charge in [-0.2, -0.15) is 5.26 Å². The first-order valence-corrected chi connectivity index (χ1v) is 6.83. The number of nitriles is 1. The highest BCUT2D eigenvalue weighted by molar-refractivity contribution is 5.33. The maximum Gasteiger partial charge on any atom is 0.0991 e. The van der Waals surface area contributed by atoms with E-state index >= 15 is 0 Å². The third-order valence-electron chi connectivity index (χ3n) is 3.40. The molecule has 0 spiro atoms. The molecule has 0 saturated heterocycles. The molecule has 1 unspecified atom stereocenters. The lowest BCUT2D eigenvalue weighted by atomic mass is 9.89. The Morgan fingerprint density at radius 2 is 1.72 bits per heavy atom. The summed E-state index contributed by atoms with van der Waals surface area (Å²) in [5, 5.41) is 19.2. The van der Waals surface area contributed by atoms with E-state index in [-0.39, 0.29) is 0 Å². The van der Waals surface area contributed by atoms with Gasteiger partial charge in [0.25, 0.3) is 0 Å². The molecular formula is C16H23NO. The predicted octanol–water partition coefficient (Wildman–Crippen LogP) is 4.13. The van der Waals surface area contributed by atoms with E-state index in [9.17, 15) is 5.11 Å². The maximum atomic E-state index is 10.4. The molecule has 0 aliphatic heterocycles. The van der Waals surface area contributed by atoms with Crippen molar-refractivity contribution in [1.82, 2.24) is 0 Å². The minimum absolute atomic E-state index is 0.637. The van der Waals surface area contributed by atoms with Crippen molar-refractivity contribution in [2.24, 2.45) is 0 Å². The van der Waals surface area contributed by atoms with Crippen LogP contribution in [0.1, 0.15) is 63.5 Å². The lowest BCUT2D eigenvalue weighted by Crippen LogP contribution is -2.20. The first kappa shape index (κ1) is 14.7. The molecular weight excluding hydrogens is 222 g/mol. The Balaban J connectivity index is 2.49. The first-order valence-electron chi connectivity index (χ1n) is 6.83. The summed E-state index contributed by atoms with van der Waals surface area (Å²) in [5.74, 6) is 0. The third kappa shape index (κ3) is 4.50. The second kappa shape index (κ2) is 7.18. The van der Waals surface area contributed by atoms with E-state index in [0.29, 0.717) is 5.56 Å². The molecule has 0 amide bonds. The van der Waals surface area contributed by atoms with Gasteiger partial charge in [0.15, 0.2) is 0 Å². The molecule has 0 saturated carbocycles. The van der Waals surface area contributed by atoms with Gasteiger partial charge in [-0.05, 0) is 31.0 Å². The number of rotatable bonds is 7. The molecule has 0 heterocycles. The lowest BCUT2D eigenvalue weighted by Gasteiger charge is -2.24. The fourth-order valence-corrected chi connectivity index (χ4v) is 2.12. The van der Waals surface area contributed by atoms with Gasteiger partial charge in [-0.1, -0.05) is 51.2 Å². The average molecular weight is 245 g/mol. The van der Waals surface area contributed by atoms with Crippen LogP contribution in [0.5, 0.6) is 0 Å². The highest BCUT2D eigenvalue weighted by Crippen LogP contribution is 2.27. The highest BCUT2D eigenvalue weighted by atomic mass is 16.3. The summed E-state index contributed by atoms with van der Waals surface area (Å²) in [7, 11) is 0. The van der Waals surface area contributed by atoms with Crippen molar-refractivity contribution in [1.29, 1.82) is 5.26 Å². The molecule has 0 fully saturated rings. The van der Waals surface area contributed by atoms with Gasteiger partial charge in [0.1, 0.15) is 0 Å². The Labute approximate surface area is 110 Å². The molecule has 1 aromatic rings. The van der Waals surface area contributed by atoms with E-state index in [4.69, 9.17) is 5.26 Å². The number of nitrogens with zero attached hydrogens (tertiary/aromatic N) is 1. The maximum absolute atomic E-state index is 10.4. The zero-order chi connectivity index (χ0) is 13.4. The van der Waals surface area contributed by atoms with Gasteiger partial charge in [0, 0.05) is 0 Å². The molecule has 1 N–H and O–H groups in total. The number of hydrogen-bond acceptors (Lipinski definition) is 2. The van der Waals surface area contributed by atoms with Crippen molar-refractivity contribution in [3.8, 4) is 6.07 Å². The summed E-state index contributed by atoms with van der Waals surface area (Å²) >= 11 is 0. The highest BCUT2D eigenvalue weighted by Gasteiger charge is 2.22. The van der Waals surface area contributed by atoms with Crippen LogP contribution in [0, 0.1) is 11.3 Å².